The molecule has 0 spiro atoms. The van der Waals surface area contributed by atoms with Gasteiger partial charge < -0.3 is 4.90 Å². The molecule has 0 aliphatic carbocycles. The Morgan fingerprint density at radius 1 is 1.24 bits per heavy atom. The highest BCUT2D eigenvalue weighted by Crippen LogP contribution is 2.35. The minimum Gasteiger partial charge on any atom is -0.347 e. The second kappa shape index (κ2) is 8.51. The Labute approximate surface area is 177 Å². The Morgan fingerprint density at radius 3 is 2.83 bits per heavy atom. The quantitative estimate of drug-likeness (QED) is 0.636. The normalized spacial score (nSPS) is 17.4. The highest BCUT2D eigenvalue weighted by Gasteiger charge is 2.26. The summed E-state index contributed by atoms with van der Waals surface area (Å²) in [6, 6.07) is 7.96. The fourth-order valence-electron chi connectivity index (χ4n) is 4.02. The van der Waals surface area contributed by atoms with E-state index >= 15 is 0 Å². The van der Waals surface area contributed by atoms with Gasteiger partial charge in [-0.3, -0.25) is 9.58 Å². The average molecular weight is 411 g/mol. The lowest BCUT2D eigenvalue weighted by Gasteiger charge is -2.33. The van der Waals surface area contributed by atoms with Crippen molar-refractivity contribution in [2.24, 2.45) is 7.05 Å². The molecular formula is C22H27ClN6. The van der Waals surface area contributed by atoms with Gasteiger partial charge in [-0.25, -0.2) is 9.97 Å². The first-order chi connectivity index (χ1) is 14.0. The van der Waals surface area contributed by atoms with Gasteiger partial charge >= 0.3 is 0 Å². The van der Waals surface area contributed by atoms with Gasteiger partial charge in [-0.15, -0.1) is 0 Å². The lowest BCUT2D eigenvalue weighted by molar-refractivity contribution is 0.198. The third-order valence-electron chi connectivity index (χ3n) is 5.40. The maximum atomic E-state index is 6.26. The molecule has 2 aromatic heterocycles. The van der Waals surface area contributed by atoms with E-state index in [1.165, 1.54) is 5.56 Å². The van der Waals surface area contributed by atoms with Gasteiger partial charge in [0.1, 0.15) is 0 Å². The molecule has 0 saturated carbocycles. The van der Waals surface area contributed by atoms with Gasteiger partial charge in [-0.05, 0) is 37.1 Å². The third kappa shape index (κ3) is 4.60. The summed E-state index contributed by atoms with van der Waals surface area (Å²) < 4.78 is 1.86. The van der Waals surface area contributed by atoms with E-state index in [0.717, 1.165) is 60.3 Å². The molecule has 3 aromatic rings. The van der Waals surface area contributed by atoms with Crippen molar-refractivity contribution >= 4 is 17.5 Å². The molecular weight excluding hydrogens is 384 g/mol. The van der Waals surface area contributed by atoms with Gasteiger partial charge in [0.2, 0.25) is 5.95 Å². The van der Waals surface area contributed by atoms with Crippen molar-refractivity contribution in [3.05, 3.63) is 59.1 Å². The van der Waals surface area contributed by atoms with Crippen molar-refractivity contribution in [2.75, 3.05) is 32.1 Å². The SMILES string of the molecule is CN(C)c1ncc(-c2cccc(Cl)c2)c(C2CCCN(Cc3cnn(C)c3)C2)n1. The van der Waals surface area contributed by atoms with Crippen molar-refractivity contribution < 1.29 is 0 Å². The number of nitrogens with zero attached hydrogens (tertiary/aromatic N) is 6. The van der Waals surface area contributed by atoms with Crippen molar-refractivity contribution in [3.63, 3.8) is 0 Å². The van der Waals surface area contributed by atoms with Crippen LogP contribution in [0.1, 0.15) is 30.0 Å². The Balaban J connectivity index is 1.65. The summed E-state index contributed by atoms with van der Waals surface area (Å²) in [5.74, 6) is 1.10. The van der Waals surface area contributed by atoms with Gasteiger partial charge in [-0.1, -0.05) is 23.7 Å². The summed E-state index contributed by atoms with van der Waals surface area (Å²) in [7, 11) is 5.92. The summed E-state index contributed by atoms with van der Waals surface area (Å²) in [5.41, 5.74) is 4.51. The molecule has 152 valence electrons. The predicted molar refractivity (Wildman–Crippen MR) is 117 cm³/mol. The van der Waals surface area contributed by atoms with E-state index in [-0.39, 0.29) is 0 Å². The van der Waals surface area contributed by atoms with Crippen LogP contribution in [0.25, 0.3) is 11.1 Å². The number of anilines is 1. The summed E-state index contributed by atoms with van der Waals surface area (Å²) in [4.78, 5) is 14.0. The van der Waals surface area contributed by atoms with Crippen LogP contribution in [0.3, 0.4) is 0 Å². The van der Waals surface area contributed by atoms with E-state index in [0.29, 0.717) is 5.92 Å². The summed E-state index contributed by atoms with van der Waals surface area (Å²) in [6.07, 6.45) is 8.28. The van der Waals surface area contributed by atoms with E-state index in [4.69, 9.17) is 16.6 Å². The van der Waals surface area contributed by atoms with Crippen LogP contribution >= 0.6 is 11.6 Å². The topological polar surface area (TPSA) is 50.1 Å². The number of halogens is 1. The number of hydrogen-bond donors (Lipinski definition) is 0. The number of benzene rings is 1. The number of aromatic nitrogens is 4. The molecule has 1 fully saturated rings. The molecule has 1 unspecified atom stereocenters. The Morgan fingerprint density at radius 2 is 2.10 bits per heavy atom. The molecule has 0 amide bonds. The zero-order chi connectivity index (χ0) is 20.4. The zero-order valence-corrected chi connectivity index (χ0v) is 18.0. The van der Waals surface area contributed by atoms with Crippen molar-refractivity contribution in [1.82, 2.24) is 24.6 Å². The molecule has 6 nitrogen and oxygen atoms in total. The monoisotopic (exact) mass is 410 g/mol. The Kier molecular flexibility index (Phi) is 5.83. The molecule has 0 N–H and O–H groups in total. The predicted octanol–water partition coefficient (Wildman–Crippen LogP) is 3.98. The van der Waals surface area contributed by atoms with Crippen LogP contribution in [0, 0.1) is 0 Å². The van der Waals surface area contributed by atoms with Crippen LogP contribution < -0.4 is 4.90 Å². The molecule has 1 aliphatic rings. The molecule has 1 aliphatic heterocycles. The van der Waals surface area contributed by atoms with Gasteiger partial charge in [0.25, 0.3) is 0 Å². The van der Waals surface area contributed by atoms with Crippen LogP contribution in [0.2, 0.25) is 5.02 Å². The third-order valence-corrected chi connectivity index (χ3v) is 5.63. The maximum Gasteiger partial charge on any atom is 0.225 e. The molecule has 1 aromatic carbocycles. The lowest BCUT2D eigenvalue weighted by atomic mass is 9.90. The average Bonchev–Trinajstić information content (AvgIpc) is 3.12. The van der Waals surface area contributed by atoms with Crippen LogP contribution in [0.15, 0.2) is 42.9 Å². The van der Waals surface area contributed by atoms with Gasteiger partial charge in [0, 0.05) is 68.7 Å². The molecule has 7 heteroatoms. The number of rotatable bonds is 5. The second-order valence-electron chi connectivity index (χ2n) is 7.97. The second-order valence-corrected chi connectivity index (χ2v) is 8.41. The summed E-state index contributed by atoms with van der Waals surface area (Å²) in [5, 5.41) is 5.03. The van der Waals surface area contributed by atoms with E-state index < -0.39 is 0 Å². The fourth-order valence-corrected chi connectivity index (χ4v) is 4.21. The van der Waals surface area contributed by atoms with Crippen LogP contribution in [0.5, 0.6) is 0 Å². The number of likely N-dealkylation sites (tertiary alicyclic amines) is 1. The van der Waals surface area contributed by atoms with Crippen molar-refractivity contribution in [3.8, 4) is 11.1 Å². The molecule has 0 bridgehead atoms. The standard InChI is InChI=1S/C22H27ClN6/c1-27(2)22-24-12-20(17-6-4-8-19(23)10-17)21(26-22)18-7-5-9-29(15-18)14-16-11-25-28(3)13-16/h4,6,8,10-13,18H,5,7,9,14-15H2,1-3H3. The van der Waals surface area contributed by atoms with Gasteiger partial charge in [-0.2, -0.15) is 5.10 Å². The molecule has 4 rings (SSSR count). The molecule has 29 heavy (non-hydrogen) atoms. The van der Waals surface area contributed by atoms with Crippen LogP contribution in [-0.2, 0) is 13.6 Å². The molecule has 3 heterocycles. The Bertz CT molecular complexity index is 983. The molecule has 0 radical (unpaired) electrons. The largest absolute Gasteiger partial charge is 0.347 e. The van der Waals surface area contributed by atoms with E-state index in [1.807, 2.05) is 61.3 Å². The number of hydrogen-bond acceptors (Lipinski definition) is 5. The van der Waals surface area contributed by atoms with Crippen molar-refractivity contribution in [1.29, 1.82) is 0 Å². The first kappa shape index (κ1) is 19.9. The first-order valence-corrected chi connectivity index (χ1v) is 10.4. The minimum absolute atomic E-state index is 0.358. The first-order valence-electron chi connectivity index (χ1n) is 9.99. The van der Waals surface area contributed by atoms with Crippen LogP contribution in [-0.4, -0.2) is 51.8 Å². The lowest BCUT2D eigenvalue weighted by Crippen LogP contribution is -2.34. The minimum atomic E-state index is 0.358. The smallest absolute Gasteiger partial charge is 0.225 e. The van der Waals surface area contributed by atoms with E-state index in [2.05, 4.69) is 27.2 Å². The number of piperidine rings is 1. The number of aryl methyl sites for hydroxylation is 1. The van der Waals surface area contributed by atoms with E-state index in [9.17, 15) is 0 Å². The van der Waals surface area contributed by atoms with Crippen molar-refractivity contribution in [2.45, 2.75) is 25.3 Å². The maximum absolute atomic E-state index is 6.26. The zero-order valence-electron chi connectivity index (χ0n) is 17.2. The highest BCUT2D eigenvalue weighted by molar-refractivity contribution is 6.30. The fraction of sp³-hybridized carbons (Fsp3) is 0.409. The van der Waals surface area contributed by atoms with Gasteiger partial charge in [0.15, 0.2) is 0 Å². The van der Waals surface area contributed by atoms with E-state index in [1.54, 1.807) is 0 Å². The molecule has 1 saturated heterocycles. The summed E-state index contributed by atoms with van der Waals surface area (Å²) in [6.45, 7) is 3.00. The summed E-state index contributed by atoms with van der Waals surface area (Å²) >= 11 is 6.26. The highest BCUT2D eigenvalue weighted by atomic mass is 35.5. The van der Waals surface area contributed by atoms with Gasteiger partial charge in [0.05, 0.1) is 11.9 Å². The van der Waals surface area contributed by atoms with Crippen LogP contribution in [0.4, 0.5) is 5.95 Å². The Hall–Kier alpha value is -2.44. The molecule has 1 atom stereocenters.